The van der Waals surface area contributed by atoms with Crippen LogP contribution in [-0.2, 0) is 0 Å². The van der Waals surface area contributed by atoms with Crippen LogP contribution in [0.2, 0.25) is 0 Å². The van der Waals surface area contributed by atoms with E-state index in [1.54, 1.807) is 0 Å². The molecular formula is C6H12N6. The monoisotopic (exact) mass is 168 g/mol. The molecule has 0 radical (unpaired) electrons. The van der Waals surface area contributed by atoms with Crippen LogP contribution in [0.3, 0.4) is 0 Å². The van der Waals surface area contributed by atoms with Gasteiger partial charge in [-0.25, -0.2) is 10.9 Å². The second kappa shape index (κ2) is 3.51. The zero-order valence-electron chi connectivity index (χ0n) is 6.72. The standard InChI is InChI=1S/C6H12N6/c1-3-9-11-5(7-1)6-8-2-4-10-12-6/h9-10H,1-4H2,(H,7,11)(H,8,12). The van der Waals surface area contributed by atoms with E-state index < -0.39 is 0 Å². The fraction of sp³-hybridized carbons (Fsp3) is 0.667. The average molecular weight is 168 g/mol. The number of amidine groups is 2. The lowest BCUT2D eigenvalue weighted by molar-refractivity contribution is 0.607. The van der Waals surface area contributed by atoms with Crippen LogP contribution < -0.4 is 21.7 Å². The Kier molecular flexibility index (Phi) is 2.19. The predicted octanol–water partition coefficient (Wildman–Crippen LogP) is -2.00. The maximum atomic E-state index is 4.26. The van der Waals surface area contributed by atoms with E-state index in [0.29, 0.717) is 0 Å². The van der Waals surface area contributed by atoms with Crippen molar-refractivity contribution in [2.24, 2.45) is 9.98 Å². The average Bonchev–Trinajstić information content (AvgIpc) is 2.21. The molecule has 12 heavy (non-hydrogen) atoms. The molecule has 0 fully saturated rings. The molecule has 0 spiro atoms. The van der Waals surface area contributed by atoms with E-state index in [9.17, 15) is 0 Å². The largest absolute Gasteiger partial charge is 0.303 e. The molecule has 0 aromatic carbocycles. The quantitative estimate of drug-likeness (QED) is 0.365. The van der Waals surface area contributed by atoms with Crippen molar-refractivity contribution in [3.8, 4) is 0 Å². The highest BCUT2D eigenvalue weighted by Gasteiger charge is 2.12. The summed E-state index contributed by atoms with van der Waals surface area (Å²) in [6.07, 6.45) is 0. The van der Waals surface area contributed by atoms with Gasteiger partial charge in [0.25, 0.3) is 0 Å². The molecule has 2 heterocycles. The van der Waals surface area contributed by atoms with Gasteiger partial charge in [0.2, 0.25) is 0 Å². The highest BCUT2D eigenvalue weighted by Crippen LogP contribution is 1.86. The van der Waals surface area contributed by atoms with Crippen LogP contribution in [0, 0.1) is 0 Å². The van der Waals surface area contributed by atoms with Crippen molar-refractivity contribution in [1.82, 2.24) is 21.7 Å². The van der Waals surface area contributed by atoms with Gasteiger partial charge < -0.3 is 10.9 Å². The summed E-state index contributed by atoms with van der Waals surface area (Å²) in [5.41, 5.74) is 11.9. The van der Waals surface area contributed by atoms with Gasteiger partial charge in [-0.05, 0) is 0 Å². The van der Waals surface area contributed by atoms with Crippen LogP contribution in [-0.4, -0.2) is 37.9 Å². The van der Waals surface area contributed by atoms with Crippen molar-refractivity contribution in [1.29, 1.82) is 0 Å². The van der Waals surface area contributed by atoms with E-state index in [0.717, 1.165) is 37.9 Å². The molecule has 0 atom stereocenters. The summed E-state index contributed by atoms with van der Waals surface area (Å²) in [6, 6.07) is 0. The second-order valence-corrected chi connectivity index (χ2v) is 2.56. The summed E-state index contributed by atoms with van der Waals surface area (Å²) in [7, 11) is 0. The summed E-state index contributed by atoms with van der Waals surface area (Å²) in [4.78, 5) is 8.53. The predicted molar refractivity (Wildman–Crippen MR) is 46.9 cm³/mol. The van der Waals surface area contributed by atoms with Crippen LogP contribution >= 0.6 is 0 Å². The topological polar surface area (TPSA) is 72.8 Å². The number of hydrogen-bond donors (Lipinski definition) is 4. The molecule has 2 aliphatic rings. The van der Waals surface area contributed by atoms with Gasteiger partial charge in [0.15, 0.2) is 11.7 Å². The van der Waals surface area contributed by atoms with Crippen molar-refractivity contribution >= 4 is 11.7 Å². The Morgan fingerprint density at radius 2 is 1.33 bits per heavy atom. The van der Waals surface area contributed by atoms with Gasteiger partial charge in [-0.3, -0.25) is 9.98 Å². The molecule has 0 saturated heterocycles. The number of nitrogens with one attached hydrogen (secondary N) is 4. The van der Waals surface area contributed by atoms with Crippen molar-refractivity contribution in [2.75, 3.05) is 26.2 Å². The smallest absolute Gasteiger partial charge is 0.179 e. The molecule has 2 rings (SSSR count). The highest BCUT2D eigenvalue weighted by atomic mass is 15.5. The summed E-state index contributed by atoms with van der Waals surface area (Å²) in [5, 5.41) is 0. The third-order valence-electron chi connectivity index (χ3n) is 1.65. The molecule has 6 nitrogen and oxygen atoms in total. The van der Waals surface area contributed by atoms with E-state index in [1.807, 2.05) is 0 Å². The highest BCUT2D eigenvalue weighted by molar-refractivity contribution is 6.40. The molecule has 4 N–H and O–H groups in total. The van der Waals surface area contributed by atoms with Gasteiger partial charge in [-0.2, -0.15) is 0 Å². The maximum Gasteiger partial charge on any atom is 0.179 e. The summed E-state index contributed by atoms with van der Waals surface area (Å²) >= 11 is 0. The summed E-state index contributed by atoms with van der Waals surface area (Å²) < 4.78 is 0. The summed E-state index contributed by atoms with van der Waals surface area (Å²) in [6.45, 7) is 3.32. The molecule has 2 aliphatic heterocycles. The van der Waals surface area contributed by atoms with E-state index in [1.165, 1.54) is 0 Å². The minimum atomic E-state index is 0.786. The lowest BCUT2D eigenvalue weighted by Crippen LogP contribution is -2.55. The number of nitrogens with zero attached hydrogens (tertiary/aromatic N) is 2. The molecule has 66 valence electrons. The summed E-state index contributed by atoms with van der Waals surface area (Å²) in [5.74, 6) is 1.57. The van der Waals surface area contributed by atoms with Crippen LogP contribution in [0.5, 0.6) is 0 Å². The van der Waals surface area contributed by atoms with Crippen molar-refractivity contribution in [2.45, 2.75) is 0 Å². The van der Waals surface area contributed by atoms with Crippen molar-refractivity contribution < 1.29 is 0 Å². The van der Waals surface area contributed by atoms with Gasteiger partial charge >= 0.3 is 0 Å². The lowest BCUT2D eigenvalue weighted by Gasteiger charge is -2.20. The van der Waals surface area contributed by atoms with Crippen LogP contribution in [0.15, 0.2) is 9.98 Å². The van der Waals surface area contributed by atoms with Crippen molar-refractivity contribution in [3.63, 3.8) is 0 Å². The minimum Gasteiger partial charge on any atom is -0.303 e. The molecule has 0 amide bonds. The molecule has 0 saturated carbocycles. The maximum absolute atomic E-state index is 4.26. The third kappa shape index (κ3) is 1.54. The van der Waals surface area contributed by atoms with Crippen LogP contribution in [0.4, 0.5) is 0 Å². The molecule has 0 aliphatic carbocycles. The van der Waals surface area contributed by atoms with Crippen molar-refractivity contribution in [3.05, 3.63) is 0 Å². The zero-order chi connectivity index (χ0) is 8.23. The SMILES string of the molecule is C1CNNC(C2=NCCNN2)=N1. The Balaban J connectivity index is 2.06. The van der Waals surface area contributed by atoms with E-state index in [4.69, 9.17) is 0 Å². The first-order valence-electron chi connectivity index (χ1n) is 4.04. The molecule has 0 bridgehead atoms. The van der Waals surface area contributed by atoms with Gasteiger partial charge in [0.1, 0.15) is 0 Å². The Morgan fingerprint density at radius 3 is 1.67 bits per heavy atom. The van der Waals surface area contributed by atoms with Gasteiger partial charge in [0, 0.05) is 13.1 Å². The van der Waals surface area contributed by atoms with Crippen LogP contribution in [0.25, 0.3) is 0 Å². The Morgan fingerprint density at radius 1 is 0.833 bits per heavy atom. The fourth-order valence-electron chi connectivity index (χ4n) is 1.09. The van der Waals surface area contributed by atoms with Gasteiger partial charge in [-0.1, -0.05) is 0 Å². The Hall–Kier alpha value is -1.14. The number of aliphatic imine (C=N–C) groups is 2. The first kappa shape index (κ1) is 7.51. The van der Waals surface area contributed by atoms with E-state index in [-0.39, 0.29) is 0 Å². The Bertz CT molecular complexity index is 196. The first-order valence-corrected chi connectivity index (χ1v) is 4.04. The Labute approximate surface area is 70.5 Å². The molecule has 0 unspecified atom stereocenters. The third-order valence-corrected chi connectivity index (χ3v) is 1.65. The van der Waals surface area contributed by atoms with Gasteiger partial charge in [0.05, 0.1) is 13.1 Å². The first-order chi connectivity index (χ1) is 5.97. The number of hydrogen-bond acceptors (Lipinski definition) is 6. The van der Waals surface area contributed by atoms with E-state index in [2.05, 4.69) is 31.7 Å². The van der Waals surface area contributed by atoms with E-state index >= 15 is 0 Å². The molecule has 0 aromatic heterocycles. The second-order valence-electron chi connectivity index (χ2n) is 2.56. The van der Waals surface area contributed by atoms with Crippen LogP contribution in [0.1, 0.15) is 0 Å². The molecule has 0 aromatic rings. The zero-order valence-corrected chi connectivity index (χ0v) is 6.72. The molecule has 6 heteroatoms. The minimum absolute atomic E-state index is 0.786. The fourth-order valence-corrected chi connectivity index (χ4v) is 1.09. The normalized spacial score (nSPS) is 23.3. The van der Waals surface area contributed by atoms with Gasteiger partial charge in [-0.15, -0.1) is 0 Å². The lowest BCUT2D eigenvalue weighted by atomic mass is 10.4. The number of rotatable bonds is 1. The molecular weight excluding hydrogens is 156 g/mol. The number of hydrazine groups is 2.